The van der Waals surface area contributed by atoms with Crippen LogP contribution in [-0.2, 0) is 13.0 Å². The molecular formula is C15H15FN4O. The summed E-state index contributed by atoms with van der Waals surface area (Å²) in [6, 6.07) is 4.87. The molecule has 0 saturated heterocycles. The fourth-order valence-corrected chi connectivity index (χ4v) is 2.16. The first kappa shape index (κ1) is 13.4. The number of aromatic nitrogens is 2. The molecule has 0 atom stereocenters. The molecule has 0 aliphatic rings. The Labute approximate surface area is 121 Å². The van der Waals surface area contributed by atoms with Crippen LogP contribution in [0.15, 0.2) is 35.0 Å². The fraction of sp³-hybridized carbons (Fsp3) is 0.200. The van der Waals surface area contributed by atoms with Crippen molar-refractivity contribution in [3.05, 3.63) is 48.1 Å². The molecule has 0 saturated carbocycles. The lowest BCUT2D eigenvalue weighted by atomic mass is 10.1. The molecular weight excluding hydrogens is 271 g/mol. The number of nitrogen functional groups attached to an aromatic ring is 1. The first-order valence-corrected chi connectivity index (χ1v) is 6.69. The maximum Gasteiger partial charge on any atom is 0.213 e. The zero-order valence-electron chi connectivity index (χ0n) is 11.6. The first-order valence-electron chi connectivity index (χ1n) is 6.69. The van der Waals surface area contributed by atoms with E-state index in [0.29, 0.717) is 28.2 Å². The van der Waals surface area contributed by atoms with Crippen molar-refractivity contribution in [2.45, 2.75) is 19.9 Å². The van der Waals surface area contributed by atoms with Crippen LogP contribution in [0.4, 0.5) is 15.8 Å². The first-order chi connectivity index (χ1) is 10.2. The van der Waals surface area contributed by atoms with Gasteiger partial charge in [0.2, 0.25) is 5.89 Å². The van der Waals surface area contributed by atoms with E-state index in [2.05, 4.69) is 15.3 Å². The number of hydrogen-bond donors (Lipinski definition) is 2. The monoisotopic (exact) mass is 286 g/mol. The standard InChI is InChI=1S/C15H15FN4O/c1-2-9-7-19-13(21-9)8-20-15-11(16)6-12(17)10-4-3-5-18-14(10)15/h3-7,20H,2,8,17H2,1H3. The molecule has 3 rings (SSSR count). The molecule has 6 heteroatoms. The van der Waals surface area contributed by atoms with Gasteiger partial charge in [0.05, 0.1) is 23.9 Å². The van der Waals surface area contributed by atoms with Crippen LogP contribution in [0.25, 0.3) is 10.9 Å². The van der Waals surface area contributed by atoms with Gasteiger partial charge in [-0.2, -0.15) is 0 Å². The summed E-state index contributed by atoms with van der Waals surface area (Å²) in [6.45, 7) is 2.27. The van der Waals surface area contributed by atoms with Crippen LogP contribution in [0.1, 0.15) is 18.6 Å². The summed E-state index contributed by atoms with van der Waals surface area (Å²) < 4.78 is 19.6. The second kappa shape index (κ2) is 5.40. The number of oxazole rings is 1. The van der Waals surface area contributed by atoms with E-state index in [1.54, 1.807) is 18.5 Å². The van der Waals surface area contributed by atoms with Crippen molar-refractivity contribution < 1.29 is 8.81 Å². The van der Waals surface area contributed by atoms with Crippen molar-refractivity contribution in [1.29, 1.82) is 0 Å². The largest absolute Gasteiger partial charge is 0.444 e. The molecule has 3 aromatic rings. The molecule has 108 valence electrons. The Hall–Kier alpha value is -2.63. The van der Waals surface area contributed by atoms with Crippen molar-refractivity contribution in [2.24, 2.45) is 0 Å². The second-order valence-electron chi connectivity index (χ2n) is 4.65. The molecule has 2 aromatic heterocycles. The maximum absolute atomic E-state index is 14.1. The molecule has 2 heterocycles. The lowest BCUT2D eigenvalue weighted by Crippen LogP contribution is -2.04. The molecule has 5 nitrogen and oxygen atoms in total. The SMILES string of the molecule is CCc1cnc(CNc2c(F)cc(N)c3cccnc23)o1. The minimum atomic E-state index is -0.444. The zero-order chi connectivity index (χ0) is 14.8. The lowest BCUT2D eigenvalue weighted by molar-refractivity contribution is 0.465. The Balaban J connectivity index is 1.93. The third kappa shape index (κ3) is 2.52. The Morgan fingerprint density at radius 3 is 3.00 bits per heavy atom. The molecule has 0 bridgehead atoms. The Morgan fingerprint density at radius 2 is 2.24 bits per heavy atom. The average Bonchev–Trinajstić information content (AvgIpc) is 2.95. The van der Waals surface area contributed by atoms with Crippen LogP contribution < -0.4 is 11.1 Å². The van der Waals surface area contributed by atoms with Crippen molar-refractivity contribution in [2.75, 3.05) is 11.1 Å². The average molecular weight is 286 g/mol. The normalized spacial score (nSPS) is 11.0. The van der Waals surface area contributed by atoms with Crippen LogP contribution in [0.2, 0.25) is 0 Å². The van der Waals surface area contributed by atoms with Crippen molar-refractivity contribution in [3.8, 4) is 0 Å². The number of benzene rings is 1. The van der Waals surface area contributed by atoms with Crippen molar-refractivity contribution >= 4 is 22.3 Å². The minimum absolute atomic E-state index is 0.284. The van der Waals surface area contributed by atoms with Gasteiger partial charge in [-0.25, -0.2) is 9.37 Å². The number of anilines is 2. The number of nitrogens with zero attached hydrogens (tertiary/aromatic N) is 2. The van der Waals surface area contributed by atoms with Crippen LogP contribution in [0.5, 0.6) is 0 Å². The van der Waals surface area contributed by atoms with Crippen molar-refractivity contribution in [1.82, 2.24) is 9.97 Å². The zero-order valence-corrected chi connectivity index (χ0v) is 11.6. The molecule has 0 spiro atoms. The molecule has 0 unspecified atom stereocenters. The Bertz CT molecular complexity index is 784. The number of halogens is 1. The summed E-state index contributed by atoms with van der Waals surface area (Å²) in [5.74, 6) is 0.862. The van der Waals surface area contributed by atoms with E-state index in [-0.39, 0.29) is 6.54 Å². The van der Waals surface area contributed by atoms with Gasteiger partial charge in [0, 0.05) is 23.7 Å². The number of pyridine rings is 1. The summed E-state index contributed by atoms with van der Waals surface area (Å²) in [6.07, 6.45) is 4.05. The lowest BCUT2D eigenvalue weighted by Gasteiger charge is -2.10. The van der Waals surface area contributed by atoms with Crippen LogP contribution in [0, 0.1) is 5.82 Å². The number of nitrogens with two attached hydrogens (primary N) is 1. The molecule has 1 aromatic carbocycles. The smallest absolute Gasteiger partial charge is 0.213 e. The van der Waals surface area contributed by atoms with E-state index >= 15 is 0 Å². The Morgan fingerprint density at radius 1 is 1.38 bits per heavy atom. The highest BCUT2D eigenvalue weighted by Gasteiger charge is 2.12. The van der Waals surface area contributed by atoms with Gasteiger partial charge in [0.25, 0.3) is 0 Å². The molecule has 3 N–H and O–H groups in total. The Kier molecular flexibility index (Phi) is 3.43. The number of hydrogen-bond acceptors (Lipinski definition) is 5. The predicted octanol–water partition coefficient (Wildman–Crippen LogP) is 3.12. The fourth-order valence-electron chi connectivity index (χ4n) is 2.16. The van der Waals surface area contributed by atoms with E-state index < -0.39 is 5.82 Å². The number of fused-ring (bicyclic) bond motifs is 1. The van der Waals surface area contributed by atoms with Gasteiger partial charge in [0.1, 0.15) is 5.76 Å². The molecule has 0 fully saturated rings. The van der Waals surface area contributed by atoms with E-state index in [9.17, 15) is 4.39 Å². The highest BCUT2D eigenvalue weighted by molar-refractivity contribution is 5.98. The summed E-state index contributed by atoms with van der Waals surface area (Å²) >= 11 is 0. The molecule has 0 amide bonds. The predicted molar refractivity (Wildman–Crippen MR) is 79.3 cm³/mol. The van der Waals surface area contributed by atoms with Crippen LogP contribution >= 0.6 is 0 Å². The molecule has 0 aliphatic heterocycles. The van der Waals surface area contributed by atoms with Gasteiger partial charge in [-0.3, -0.25) is 4.98 Å². The summed E-state index contributed by atoms with van der Waals surface area (Å²) in [7, 11) is 0. The van der Waals surface area contributed by atoms with Gasteiger partial charge < -0.3 is 15.5 Å². The summed E-state index contributed by atoms with van der Waals surface area (Å²) in [4.78, 5) is 8.34. The third-order valence-corrected chi connectivity index (χ3v) is 3.24. The highest BCUT2D eigenvalue weighted by Crippen LogP contribution is 2.29. The maximum atomic E-state index is 14.1. The number of rotatable bonds is 4. The second-order valence-corrected chi connectivity index (χ2v) is 4.65. The van der Waals surface area contributed by atoms with Gasteiger partial charge >= 0.3 is 0 Å². The summed E-state index contributed by atoms with van der Waals surface area (Å²) in [5.41, 5.74) is 6.98. The number of nitrogens with one attached hydrogen (secondary N) is 1. The van der Waals surface area contributed by atoms with Gasteiger partial charge in [0.15, 0.2) is 5.82 Å². The third-order valence-electron chi connectivity index (χ3n) is 3.24. The van der Waals surface area contributed by atoms with Crippen LogP contribution in [-0.4, -0.2) is 9.97 Å². The quantitative estimate of drug-likeness (QED) is 0.721. The van der Waals surface area contributed by atoms with E-state index in [0.717, 1.165) is 12.2 Å². The highest BCUT2D eigenvalue weighted by atomic mass is 19.1. The minimum Gasteiger partial charge on any atom is -0.444 e. The van der Waals surface area contributed by atoms with Crippen molar-refractivity contribution in [3.63, 3.8) is 0 Å². The van der Waals surface area contributed by atoms with Crippen LogP contribution in [0.3, 0.4) is 0 Å². The van der Waals surface area contributed by atoms with E-state index in [4.69, 9.17) is 10.2 Å². The topological polar surface area (TPSA) is 77.0 Å². The molecule has 0 aliphatic carbocycles. The van der Waals surface area contributed by atoms with E-state index in [1.165, 1.54) is 6.07 Å². The van der Waals surface area contributed by atoms with Gasteiger partial charge in [-0.15, -0.1) is 0 Å². The van der Waals surface area contributed by atoms with Gasteiger partial charge in [-0.1, -0.05) is 6.92 Å². The van der Waals surface area contributed by atoms with E-state index in [1.807, 2.05) is 13.0 Å². The molecule has 21 heavy (non-hydrogen) atoms. The molecule has 0 radical (unpaired) electrons. The van der Waals surface area contributed by atoms with Gasteiger partial charge in [-0.05, 0) is 18.2 Å². The summed E-state index contributed by atoms with van der Waals surface area (Å²) in [5, 5.41) is 3.70. The number of aryl methyl sites for hydroxylation is 1.